The molecule has 2 unspecified atom stereocenters. The van der Waals surface area contributed by atoms with Crippen LogP contribution in [0.4, 0.5) is 0 Å². The number of ether oxygens (including phenoxy) is 1. The zero-order valence-corrected chi connectivity index (χ0v) is 8.30. The van der Waals surface area contributed by atoms with E-state index in [1.165, 1.54) is 0 Å². The Bertz CT molecular complexity index is 173. The first kappa shape index (κ1) is 10.5. The molecule has 0 radical (unpaired) electrons. The van der Waals surface area contributed by atoms with Gasteiger partial charge in [0, 0.05) is 26.6 Å². The quantitative estimate of drug-likeness (QED) is 0.644. The number of hydrogen-bond donors (Lipinski definition) is 2. The van der Waals surface area contributed by atoms with Gasteiger partial charge < -0.3 is 15.4 Å². The second kappa shape index (κ2) is 5.19. The van der Waals surface area contributed by atoms with Crippen molar-refractivity contribution in [1.29, 1.82) is 0 Å². The van der Waals surface area contributed by atoms with E-state index >= 15 is 0 Å². The molecule has 1 aliphatic rings. The Balaban J connectivity index is 2.30. The topological polar surface area (TPSA) is 50.4 Å². The molecule has 1 amide bonds. The van der Waals surface area contributed by atoms with Gasteiger partial charge in [0.05, 0.1) is 12.1 Å². The highest BCUT2D eigenvalue weighted by Gasteiger charge is 2.27. The lowest BCUT2D eigenvalue weighted by Gasteiger charge is -2.18. The molecule has 0 aliphatic carbocycles. The predicted molar refractivity (Wildman–Crippen MR) is 50.5 cm³/mol. The monoisotopic (exact) mass is 186 g/mol. The molecule has 1 heterocycles. The SMILES string of the molecule is CCCC(=O)NC1CNCC1OC. The van der Waals surface area contributed by atoms with Crippen molar-refractivity contribution in [3.8, 4) is 0 Å². The number of carbonyl (C=O) groups is 1. The Kier molecular flexibility index (Phi) is 4.18. The van der Waals surface area contributed by atoms with Crippen molar-refractivity contribution in [2.24, 2.45) is 0 Å². The van der Waals surface area contributed by atoms with Gasteiger partial charge in [-0.15, -0.1) is 0 Å². The van der Waals surface area contributed by atoms with E-state index in [0.29, 0.717) is 6.42 Å². The highest BCUT2D eigenvalue weighted by Crippen LogP contribution is 2.03. The van der Waals surface area contributed by atoms with Gasteiger partial charge in [0.15, 0.2) is 0 Å². The lowest BCUT2D eigenvalue weighted by atomic mass is 10.2. The number of carbonyl (C=O) groups excluding carboxylic acids is 1. The molecule has 4 nitrogen and oxygen atoms in total. The summed E-state index contributed by atoms with van der Waals surface area (Å²) in [5.41, 5.74) is 0. The molecule has 0 bridgehead atoms. The molecule has 4 heteroatoms. The summed E-state index contributed by atoms with van der Waals surface area (Å²) in [6.07, 6.45) is 1.62. The van der Waals surface area contributed by atoms with Crippen molar-refractivity contribution < 1.29 is 9.53 Å². The van der Waals surface area contributed by atoms with E-state index in [9.17, 15) is 4.79 Å². The zero-order valence-electron chi connectivity index (χ0n) is 8.30. The highest BCUT2D eigenvalue weighted by atomic mass is 16.5. The summed E-state index contributed by atoms with van der Waals surface area (Å²) < 4.78 is 5.23. The van der Waals surface area contributed by atoms with Crippen LogP contribution in [-0.2, 0) is 9.53 Å². The minimum Gasteiger partial charge on any atom is -0.378 e. The third-order valence-corrected chi connectivity index (χ3v) is 2.28. The molecule has 2 atom stereocenters. The largest absolute Gasteiger partial charge is 0.378 e. The van der Waals surface area contributed by atoms with Gasteiger partial charge in [-0.1, -0.05) is 6.92 Å². The maximum Gasteiger partial charge on any atom is 0.220 e. The average molecular weight is 186 g/mol. The maximum absolute atomic E-state index is 11.3. The number of methoxy groups -OCH3 is 1. The molecule has 0 aromatic rings. The first-order chi connectivity index (χ1) is 6.27. The fraction of sp³-hybridized carbons (Fsp3) is 0.889. The predicted octanol–water partition coefficient (Wildman–Crippen LogP) is -0.110. The van der Waals surface area contributed by atoms with Crippen LogP contribution >= 0.6 is 0 Å². The van der Waals surface area contributed by atoms with E-state index in [-0.39, 0.29) is 18.1 Å². The van der Waals surface area contributed by atoms with Crippen LogP contribution in [0.5, 0.6) is 0 Å². The maximum atomic E-state index is 11.3. The van der Waals surface area contributed by atoms with Gasteiger partial charge in [-0.05, 0) is 6.42 Å². The third kappa shape index (κ3) is 2.97. The summed E-state index contributed by atoms with van der Waals surface area (Å²) in [5, 5.41) is 6.14. The molecule has 2 N–H and O–H groups in total. The van der Waals surface area contributed by atoms with E-state index in [1.54, 1.807) is 7.11 Å². The molecule has 1 fully saturated rings. The molecule has 1 aliphatic heterocycles. The molecule has 1 saturated heterocycles. The van der Waals surface area contributed by atoms with Crippen molar-refractivity contribution in [3.63, 3.8) is 0 Å². The van der Waals surface area contributed by atoms with Crippen LogP contribution in [-0.4, -0.2) is 38.3 Å². The standard InChI is InChI=1S/C9H18N2O2/c1-3-4-9(12)11-7-5-10-6-8(7)13-2/h7-8,10H,3-6H2,1-2H3,(H,11,12). The van der Waals surface area contributed by atoms with E-state index in [4.69, 9.17) is 4.74 Å². The summed E-state index contributed by atoms with van der Waals surface area (Å²) in [5.74, 6) is 0.123. The second-order valence-electron chi connectivity index (χ2n) is 3.36. The van der Waals surface area contributed by atoms with Crippen LogP contribution in [0.15, 0.2) is 0 Å². The van der Waals surface area contributed by atoms with Gasteiger partial charge in [-0.3, -0.25) is 4.79 Å². The molecule has 76 valence electrons. The Hall–Kier alpha value is -0.610. The van der Waals surface area contributed by atoms with E-state index in [2.05, 4.69) is 10.6 Å². The Morgan fingerprint density at radius 3 is 3.00 bits per heavy atom. The van der Waals surface area contributed by atoms with Crippen LogP contribution in [0.1, 0.15) is 19.8 Å². The van der Waals surface area contributed by atoms with Gasteiger partial charge in [-0.25, -0.2) is 0 Å². The summed E-state index contributed by atoms with van der Waals surface area (Å²) in [6.45, 7) is 3.64. The van der Waals surface area contributed by atoms with E-state index < -0.39 is 0 Å². The van der Waals surface area contributed by atoms with Gasteiger partial charge in [0.1, 0.15) is 0 Å². The lowest BCUT2D eigenvalue weighted by Crippen LogP contribution is -2.43. The Labute approximate surface area is 79.0 Å². The smallest absolute Gasteiger partial charge is 0.220 e. The molecule has 13 heavy (non-hydrogen) atoms. The molecule has 0 aromatic heterocycles. The van der Waals surface area contributed by atoms with Crippen LogP contribution in [0.25, 0.3) is 0 Å². The molecule has 0 spiro atoms. The summed E-state index contributed by atoms with van der Waals surface area (Å²) >= 11 is 0. The molecular formula is C9H18N2O2. The summed E-state index contributed by atoms with van der Waals surface area (Å²) in [7, 11) is 1.68. The van der Waals surface area contributed by atoms with Crippen LogP contribution in [0.3, 0.4) is 0 Å². The summed E-state index contributed by atoms with van der Waals surface area (Å²) in [6, 6.07) is 0.143. The molecule has 1 rings (SSSR count). The highest BCUT2D eigenvalue weighted by molar-refractivity contribution is 5.76. The fourth-order valence-corrected chi connectivity index (χ4v) is 1.55. The van der Waals surface area contributed by atoms with Crippen molar-refractivity contribution in [1.82, 2.24) is 10.6 Å². The normalized spacial score (nSPS) is 27.5. The Morgan fingerprint density at radius 1 is 1.62 bits per heavy atom. The number of amides is 1. The van der Waals surface area contributed by atoms with Crippen molar-refractivity contribution in [3.05, 3.63) is 0 Å². The van der Waals surface area contributed by atoms with Crippen LogP contribution < -0.4 is 10.6 Å². The molecular weight excluding hydrogens is 168 g/mol. The second-order valence-corrected chi connectivity index (χ2v) is 3.36. The van der Waals surface area contributed by atoms with Gasteiger partial charge in [0.2, 0.25) is 5.91 Å². The molecule has 0 saturated carbocycles. The van der Waals surface area contributed by atoms with Crippen molar-refractivity contribution in [2.45, 2.75) is 31.9 Å². The van der Waals surface area contributed by atoms with Gasteiger partial charge >= 0.3 is 0 Å². The average Bonchev–Trinajstić information content (AvgIpc) is 2.52. The third-order valence-electron chi connectivity index (χ3n) is 2.28. The number of rotatable bonds is 4. The molecule has 0 aromatic carbocycles. The van der Waals surface area contributed by atoms with Gasteiger partial charge in [-0.2, -0.15) is 0 Å². The first-order valence-electron chi connectivity index (χ1n) is 4.80. The number of hydrogen-bond acceptors (Lipinski definition) is 3. The number of nitrogens with one attached hydrogen (secondary N) is 2. The minimum atomic E-state index is 0.123. The minimum absolute atomic E-state index is 0.123. The van der Waals surface area contributed by atoms with E-state index in [1.807, 2.05) is 6.92 Å². The van der Waals surface area contributed by atoms with Crippen molar-refractivity contribution in [2.75, 3.05) is 20.2 Å². The fourth-order valence-electron chi connectivity index (χ4n) is 1.55. The van der Waals surface area contributed by atoms with Crippen LogP contribution in [0.2, 0.25) is 0 Å². The van der Waals surface area contributed by atoms with Gasteiger partial charge in [0.25, 0.3) is 0 Å². The summed E-state index contributed by atoms with van der Waals surface area (Å²) in [4.78, 5) is 11.3. The van der Waals surface area contributed by atoms with Crippen molar-refractivity contribution >= 4 is 5.91 Å². The Morgan fingerprint density at radius 2 is 2.38 bits per heavy atom. The zero-order chi connectivity index (χ0) is 9.68. The van der Waals surface area contributed by atoms with Crippen LogP contribution in [0, 0.1) is 0 Å². The van der Waals surface area contributed by atoms with E-state index in [0.717, 1.165) is 19.5 Å². The lowest BCUT2D eigenvalue weighted by molar-refractivity contribution is -0.122. The first-order valence-corrected chi connectivity index (χ1v) is 4.80.